The number of benzene rings is 1. The summed E-state index contributed by atoms with van der Waals surface area (Å²) in [7, 11) is 0. The van der Waals surface area contributed by atoms with Gasteiger partial charge in [-0.05, 0) is 37.1 Å². The van der Waals surface area contributed by atoms with Crippen molar-refractivity contribution < 1.29 is 4.39 Å². The Kier molecular flexibility index (Phi) is 4.34. The molecule has 3 nitrogen and oxygen atoms in total. The molecule has 1 aliphatic heterocycles. The zero-order valence-corrected chi connectivity index (χ0v) is 12.5. The highest BCUT2D eigenvalue weighted by molar-refractivity contribution is 6.30. The lowest BCUT2D eigenvalue weighted by atomic mass is 10.1. The first-order valence-electron chi connectivity index (χ1n) is 7.28. The first kappa shape index (κ1) is 14.3. The second kappa shape index (κ2) is 6.39. The molecule has 0 atom stereocenters. The van der Waals surface area contributed by atoms with E-state index in [-0.39, 0.29) is 5.02 Å². The van der Waals surface area contributed by atoms with Gasteiger partial charge in [-0.3, -0.25) is 0 Å². The Bertz CT molecular complexity index is 607. The molecule has 0 unspecified atom stereocenters. The smallest absolute Gasteiger partial charge is 0.151 e. The van der Waals surface area contributed by atoms with Crippen LogP contribution in [0.5, 0.6) is 0 Å². The van der Waals surface area contributed by atoms with Crippen LogP contribution in [0.25, 0.3) is 11.3 Å². The number of anilines is 1. The van der Waals surface area contributed by atoms with Crippen molar-refractivity contribution >= 4 is 17.4 Å². The Labute approximate surface area is 128 Å². The second-order valence-corrected chi connectivity index (χ2v) is 5.71. The molecule has 0 amide bonds. The number of rotatable bonds is 2. The zero-order valence-electron chi connectivity index (χ0n) is 11.7. The van der Waals surface area contributed by atoms with E-state index in [1.54, 1.807) is 6.07 Å². The van der Waals surface area contributed by atoms with Crippen molar-refractivity contribution in [3.63, 3.8) is 0 Å². The number of nitrogens with zero attached hydrogens (tertiary/aromatic N) is 3. The van der Waals surface area contributed by atoms with E-state index < -0.39 is 5.82 Å². The number of halogens is 2. The SMILES string of the molecule is Fc1cc(-c2ccc(N3CCCCCC3)nn2)ccc1Cl. The molecule has 0 bridgehead atoms. The van der Waals surface area contributed by atoms with Crippen LogP contribution >= 0.6 is 11.6 Å². The summed E-state index contributed by atoms with van der Waals surface area (Å²) in [5.41, 5.74) is 1.34. The van der Waals surface area contributed by atoms with Crippen molar-refractivity contribution in [1.29, 1.82) is 0 Å². The van der Waals surface area contributed by atoms with Gasteiger partial charge in [0.1, 0.15) is 5.82 Å². The highest BCUT2D eigenvalue weighted by Gasteiger charge is 2.12. The van der Waals surface area contributed by atoms with Crippen LogP contribution in [0.2, 0.25) is 5.02 Å². The average Bonchev–Trinajstić information content (AvgIpc) is 2.79. The van der Waals surface area contributed by atoms with Gasteiger partial charge < -0.3 is 4.90 Å². The molecule has 1 fully saturated rings. The predicted octanol–water partition coefficient (Wildman–Crippen LogP) is 4.32. The van der Waals surface area contributed by atoms with Crippen LogP contribution in [0.3, 0.4) is 0 Å². The van der Waals surface area contributed by atoms with Gasteiger partial charge in [0.25, 0.3) is 0 Å². The van der Waals surface area contributed by atoms with Crippen molar-refractivity contribution in [2.45, 2.75) is 25.7 Å². The molecular weight excluding hydrogens is 289 g/mol. The summed E-state index contributed by atoms with van der Waals surface area (Å²) in [4.78, 5) is 2.27. The normalized spacial score (nSPS) is 15.8. The highest BCUT2D eigenvalue weighted by atomic mass is 35.5. The number of aromatic nitrogens is 2. The molecule has 1 aliphatic rings. The van der Waals surface area contributed by atoms with Crippen LogP contribution < -0.4 is 4.90 Å². The van der Waals surface area contributed by atoms with Gasteiger partial charge in [-0.2, -0.15) is 0 Å². The third kappa shape index (κ3) is 3.32. The molecule has 1 saturated heterocycles. The van der Waals surface area contributed by atoms with Crippen molar-refractivity contribution in [2.75, 3.05) is 18.0 Å². The topological polar surface area (TPSA) is 29.0 Å². The zero-order chi connectivity index (χ0) is 14.7. The molecule has 0 N–H and O–H groups in total. The second-order valence-electron chi connectivity index (χ2n) is 5.31. The van der Waals surface area contributed by atoms with Crippen LogP contribution in [0, 0.1) is 5.82 Å². The van der Waals surface area contributed by atoms with Gasteiger partial charge in [0.2, 0.25) is 0 Å². The minimum absolute atomic E-state index is 0.118. The van der Waals surface area contributed by atoms with Crippen molar-refractivity contribution in [1.82, 2.24) is 10.2 Å². The van der Waals surface area contributed by atoms with E-state index in [0.717, 1.165) is 18.9 Å². The Hall–Kier alpha value is -1.68. The van der Waals surface area contributed by atoms with Gasteiger partial charge in [0.05, 0.1) is 10.7 Å². The van der Waals surface area contributed by atoms with Gasteiger partial charge in [0.15, 0.2) is 5.82 Å². The molecular formula is C16H17ClFN3. The van der Waals surface area contributed by atoms with E-state index in [2.05, 4.69) is 15.1 Å². The lowest BCUT2D eigenvalue weighted by Crippen LogP contribution is -2.25. The van der Waals surface area contributed by atoms with E-state index in [9.17, 15) is 4.39 Å². The van der Waals surface area contributed by atoms with E-state index in [0.29, 0.717) is 11.3 Å². The third-order valence-corrected chi connectivity index (χ3v) is 4.10. The van der Waals surface area contributed by atoms with E-state index in [1.807, 2.05) is 12.1 Å². The van der Waals surface area contributed by atoms with Crippen LogP contribution in [0.15, 0.2) is 30.3 Å². The highest BCUT2D eigenvalue weighted by Crippen LogP contribution is 2.24. The first-order chi connectivity index (χ1) is 10.2. The average molecular weight is 306 g/mol. The lowest BCUT2D eigenvalue weighted by molar-refractivity contribution is 0.628. The molecule has 21 heavy (non-hydrogen) atoms. The van der Waals surface area contributed by atoms with Gasteiger partial charge in [-0.15, -0.1) is 10.2 Å². The number of hydrogen-bond donors (Lipinski definition) is 0. The van der Waals surface area contributed by atoms with Crippen LogP contribution in [-0.4, -0.2) is 23.3 Å². The lowest BCUT2D eigenvalue weighted by Gasteiger charge is -2.20. The van der Waals surface area contributed by atoms with Crippen molar-refractivity contribution in [3.8, 4) is 11.3 Å². The van der Waals surface area contributed by atoms with E-state index in [4.69, 9.17) is 11.6 Å². The minimum atomic E-state index is -0.437. The molecule has 1 aromatic carbocycles. The summed E-state index contributed by atoms with van der Waals surface area (Å²) in [6, 6.07) is 8.52. The fourth-order valence-electron chi connectivity index (χ4n) is 2.60. The largest absolute Gasteiger partial charge is 0.355 e. The molecule has 3 rings (SSSR count). The molecule has 5 heteroatoms. The quantitative estimate of drug-likeness (QED) is 0.827. The number of hydrogen-bond acceptors (Lipinski definition) is 3. The van der Waals surface area contributed by atoms with Gasteiger partial charge in [0, 0.05) is 18.7 Å². The van der Waals surface area contributed by atoms with E-state index >= 15 is 0 Å². The molecule has 2 heterocycles. The van der Waals surface area contributed by atoms with E-state index in [1.165, 1.54) is 37.8 Å². The Balaban J connectivity index is 1.81. The Morgan fingerprint density at radius 3 is 2.33 bits per heavy atom. The molecule has 110 valence electrons. The van der Waals surface area contributed by atoms with Gasteiger partial charge in [-0.25, -0.2) is 4.39 Å². The summed E-state index contributed by atoms with van der Waals surface area (Å²) in [5, 5.41) is 8.64. The summed E-state index contributed by atoms with van der Waals surface area (Å²) in [6.45, 7) is 2.06. The summed E-state index contributed by atoms with van der Waals surface area (Å²) in [5.74, 6) is 0.461. The summed E-state index contributed by atoms with van der Waals surface area (Å²) in [6.07, 6.45) is 4.97. The standard InChI is InChI=1S/C16H17ClFN3/c17-13-6-5-12(11-14(13)18)15-7-8-16(20-19-15)21-9-3-1-2-4-10-21/h5-8,11H,1-4,9-10H2. The third-order valence-electron chi connectivity index (χ3n) is 3.80. The van der Waals surface area contributed by atoms with Gasteiger partial charge >= 0.3 is 0 Å². The van der Waals surface area contributed by atoms with Crippen LogP contribution in [-0.2, 0) is 0 Å². The molecule has 0 saturated carbocycles. The maximum atomic E-state index is 13.5. The molecule has 1 aromatic heterocycles. The summed E-state index contributed by atoms with van der Waals surface area (Å²) < 4.78 is 13.5. The van der Waals surface area contributed by atoms with Crippen LogP contribution in [0.4, 0.5) is 10.2 Å². The fraction of sp³-hybridized carbons (Fsp3) is 0.375. The molecule has 0 aliphatic carbocycles. The fourth-order valence-corrected chi connectivity index (χ4v) is 2.72. The van der Waals surface area contributed by atoms with Gasteiger partial charge in [-0.1, -0.05) is 30.5 Å². The molecule has 0 spiro atoms. The minimum Gasteiger partial charge on any atom is -0.355 e. The summed E-state index contributed by atoms with van der Waals surface area (Å²) >= 11 is 5.69. The molecule has 0 radical (unpaired) electrons. The first-order valence-corrected chi connectivity index (χ1v) is 7.66. The Morgan fingerprint density at radius 1 is 0.952 bits per heavy atom. The Morgan fingerprint density at radius 2 is 1.71 bits per heavy atom. The maximum absolute atomic E-state index is 13.5. The van der Waals surface area contributed by atoms with Crippen LogP contribution in [0.1, 0.15) is 25.7 Å². The maximum Gasteiger partial charge on any atom is 0.151 e. The monoisotopic (exact) mass is 305 g/mol. The van der Waals surface area contributed by atoms with Crippen molar-refractivity contribution in [2.24, 2.45) is 0 Å². The predicted molar refractivity (Wildman–Crippen MR) is 83.1 cm³/mol. The molecule has 2 aromatic rings. The van der Waals surface area contributed by atoms with Crippen molar-refractivity contribution in [3.05, 3.63) is 41.2 Å².